The molecule has 0 atom stereocenters. The van der Waals surface area contributed by atoms with E-state index in [1.54, 1.807) is 0 Å². The van der Waals surface area contributed by atoms with Crippen molar-refractivity contribution in [1.29, 1.82) is 0 Å². The van der Waals surface area contributed by atoms with Crippen molar-refractivity contribution < 1.29 is 9.18 Å². The molecule has 0 aliphatic rings. The summed E-state index contributed by atoms with van der Waals surface area (Å²) in [6, 6.07) is 3.49. The predicted octanol–water partition coefficient (Wildman–Crippen LogP) is 2.08. The van der Waals surface area contributed by atoms with Crippen LogP contribution in [-0.4, -0.2) is 6.03 Å². The number of benzene rings is 1. The highest BCUT2D eigenvalue weighted by Crippen LogP contribution is 2.18. The van der Waals surface area contributed by atoms with E-state index >= 15 is 0 Å². The molecule has 1 aromatic rings. The fourth-order valence-electron chi connectivity index (χ4n) is 0.716. The minimum Gasteiger partial charge on any atom is -0.351 e. The van der Waals surface area contributed by atoms with Crippen molar-refractivity contribution in [3.63, 3.8) is 0 Å². The molecular formula is C7H6BrFN2O. The molecule has 0 bridgehead atoms. The SMILES string of the molecule is NC(=O)Nc1ccc(Br)c(F)c1. The Balaban J connectivity index is 2.89. The highest BCUT2D eigenvalue weighted by Gasteiger charge is 2.01. The van der Waals surface area contributed by atoms with Gasteiger partial charge in [0.15, 0.2) is 0 Å². The van der Waals surface area contributed by atoms with Crippen molar-refractivity contribution in [2.24, 2.45) is 5.73 Å². The molecule has 0 aliphatic heterocycles. The van der Waals surface area contributed by atoms with Gasteiger partial charge in [-0.25, -0.2) is 9.18 Å². The number of amides is 2. The Morgan fingerprint density at radius 2 is 2.25 bits per heavy atom. The van der Waals surface area contributed by atoms with Crippen molar-refractivity contribution in [2.45, 2.75) is 0 Å². The molecule has 5 heteroatoms. The van der Waals surface area contributed by atoms with Crippen molar-refractivity contribution in [1.82, 2.24) is 0 Å². The molecule has 0 aliphatic carbocycles. The molecule has 0 heterocycles. The summed E-state index contributed by atoms with van der Waals surface area (Å²) in [6.45, 7) is 0. The first-order valence-corrected chi connectivity index (χ1v) is 3.90. The largest absolute Gasteiger partial charge is 0.351 e. The lowest BCUT2D eigenvalue weighted by molar-refractivity contribution is 0.259. The summed E-state index contributed by atoms with van der Waals surface area (Å²) in [7, 11) is 0. The maximum absolute atomic E-state index is 12.8. The molecule has 3 nitrogen and oxygen atoms in total. The van der Waals surface area contributed by atoms with Crippen LogP contribution < -0.4 is 11.1 Å². The lowest BCUT2D eigenvalue weighted by atomic mass is 10.3. The third-order valence-electron chi connectivity index (χ3n) is 1.19. The van der Waals surface area contributed by atoms with Crippen LogP contribution in [0.2, 0.25) is 0 Å². The molecule has 3 N–H and O–H groups in total. The van der Waals surface area contributed by atoms with Crippen molar-refractivity contribution >= 4 is 27.6 Å². The Morgan fingerprint density at radius 3 is 2.75 bits per heavy atom. The van der Waals surface area contributed by atoms with E-state index in [9.17, 15) is 9.18 Å². The first-order chi connectivity index (χ1) is 5.59. The molecule has 0 aromatic heterocycles. The smallest absolute Gasteiger partial charge is 0.316 e. The third kappa shape index (κ3) is 2.20. The second kappa shape index (κ2) is 3.53. The second-order valence-electron chi connectivity index (χ2n) is 2.12. The summed E-state index contributed by atoms with van der Waals surface area (Å²) in [5.74, 6) is -0.443. The van der Waals surface area contributed by atoms with Gasteiger partial charge in [0.2, 0.25) is 0 Å². The first kappa shape index (κ1) is 8.99. The first-order valence-electron chi connectivity index (χ1n) is 3.11. The number of anilines is 1. The van der Waals surface area contributed by atoms with Gasteiger partial charge in [0.1, 0.15) is 5.82 Å². The summed E-state index contributed by atoms with van der Waals surface area (Å²) in [5, 5.41) is 2.25. The maximum Gasteiger partial charge on any atom is 0.316 e. The molecule has 64 valence electrons. The maximum atomic E-state index is 12.8. The lowest BCUT2D eigenvalue weighted by Crippen LogP contribution is -2.19. The zero-order valence-electron chi connectivity index (χ0n) is 5.97. The molecule has 0 saturated heterocycles. The number of carbonyl (C=O) groups excluding carboxylic acids is 1. The van der Waals surface area contributed by atoms with E-state index in [1.807, 2.05) is 0 Å². The van der Waals surface area contributed by atoms with Crippen LogP contribution in [0.3, 0.4) is 0 Å². The zero-order chi connectivity index (χ0) is 9.14. The van der Waals surface area contributed by atoms with Crippen LogP contribution >= 0.6 is 15.9 Å². The number of primary amides is 1. The molecule has 1 rings (SSSR count). The summed E-state index contributed by atoms with van der Waals surface area (Å²) in [6.07, 6.45) is 0. The third-order valence-corrected chi connectivity index (χ3v) is 1.83. The average molecular weight is 233 g/mol. The molecule has 0 unspecified atom stereocenters. The number of nitrogens with two attached hydrogens (primary N) is 1. The van der Waals surface area contributed by atoms with Crippen molar-refractivity contribution in [2.75, 3.05) is 5.32 Å². The van der Waals surface area contributed by atoms with Crippen molar-refractivity contribution in [3.05, 3.63) is 28.5 Å². The van der Waals surface area contributed by atoms with E-state index in [1.165, 1.54) is 18.2 Å². The molecule has 0 radical (unpaired) electrons. The van der Waals surface area contributed by atoms with Crippen LogP contribution in [0.5, 0.6) is 0 Å². The molecule has 12 heavy (non-hydrogen) atoms. The summed E-state index contributed by atoms with van der Waals surface area (Å²) in [5.41, 5.74) is 5.16. The van der Waals surface area contributed by atoms with Gasteiger partial charge in [-0.15, -0.1) is 0 Å². The summed E-state index contributed by atoms with van der Waals surface area (Å²) < 4.78 is 13.1. The molecule has 2 amide bonds. The summed E-state index contributed by atoms with van der Waals surface area (Å²) in [4.78, 5) is 10.3. The standard InChI is InChI=1S/C7H6BrFN2O/c8-5-2-1-4(3-6(5)9)11-7(10)12/h1-3H,(H3,10,11,12). The predicted molar refractivity (Wildman–Crippen MR) is 47.3 cm³/mol. The van der Waals surface area contributed by atoms with Crippen LogP contribution in [0, 0.1) is 5.82 Å². The Hall–Kier alpha value is -1.10. The summed E-state index contributed by atoms with van der Waals surface area (Å²) >= 11 is 2.98. The van der Waals surface area contributed by atoms with E-state index in [2.05, 4.69) is 21.2 Å². The second-order valence-corrected chi connectivity index (χ2v) is 2.97. The van der Waals surface area contributed by atoms with Crippen LogP contribution in [0.15, 0.2) is 22.7 Å². The fraction of sp³-hybridized carbons (Fsp3) is 0. The van der Waals surface area contributed by atoms with Gasteiger partial charge >= 0.3 is 6.03 Å². The van der Waals surface area contributed by atoms with Gasteiger partial charge in [0.05, 0.1) is 4.47 Å². The van der Waals surface area contributed by atoms with Crippen LogP contribution in [0.1, 0.15) is 0 Å². The Morgan fingerprint density at radius 1 is 1.58 bits per heavy atom. The van der Waals surface area contributed by atoms with E-state index in [4.69, 9.17) is 5.73 Å². The van der Waals surface area contributed by atoms with Gasteiger partial charge in [-0.1, -0.05) is 0 Å². The Kier molecular flexibility index (Phi) is 2.65. The van der Waals surface area contributed by atoms with Crippen LogP contribution in [0.4, 0.5) is 14.9 Å². The number of nitrogens with one attached hydrogen (secondary N) is 1. The van der Waals surface area contributed by atoms with E-state index in [0.717, 1.165) is 0 Å². The highest BCUT2D eigenvalue weighted by atomic mass is 79.9. The number of urea groups is 1. The monoisotopic (exact) mass is 232 g/mol. The Labute approximate surface area is 76.9 Å². The minimum absolute atomic E-state index is 0.336. The molecule has 1 aromatic carbocycles. The van der Waals surface area contributed by atoms with E-state index in [-0.39, 0.29) is 0 Å². The Bertz CT molecular complexity index is 316. The average Bonchev–Trinajstić information content (AvgIpc) is 1.96. The molecule has 0 saturated carbocycles. The topological polar surface area (TPSA) is 55.1 Å². The minimum atomic E-state index is -0.711. The van der Waals surface area contributed by atoms with Gasteiger partial charge in [-0.2, -0.15) is 0 Å². The van der Waals surface area contributed by atoms with Gasteiger partial charge in [0.25, 0.3) is 0 Å². The zero-order valence-corrected chi connectivity index (χ0v) is 7.56. The lowest BCUT2D eigenvalue weighted by Gasteiger charge is -2.01. The number of hydrogen-bond donors (Lipinski definition) is 2. The quantitative estimate of drug-likeness (QED) is 0.766. The normalized spacial score (nSPS) is 9.50. The molecule has 0 spiro atoms. The number of halogens is 2. The van der Waals surface area contributed by atoms with Crippen LogP contribution in [-0.2, 0) is 0 Å². The van der Waals surface area contributed by atoms with Crippen molar-refractivity contribution in [3.8, 4) is 0 Å². The highest BCUT2D eigenvalue weighted by molar-refractivity contribution is 9.10. The molecule has 0 fully saturated rings. The van der Waals surface area contributed by atoms with Crippen LogP contribution in [0.25, 0.3) is 0 Å². The number of rotatable bonds is 1. The molecular weight excluding hydrogens is 227 g/mol. The van der Waals surface area contributed by atoms with Gasteiger partial charge in [-0.3, -0.25) is 0 Å². The van der Waals surface area contributed by atoms with Gasteiger partial charge in [-0.05, 0) is 34.1 Å². The fourth-order valence-corrected chi connectivity index (χ4v) is 0.963. The van der Waals surface area contributed by atoms with E-state index in [0.29, 0.717) is 10.2 Å². The van der Waals surface area contributed by atoms with E-state index < -0.39 is 11.8 Å². The van der Waals surface area contributed by atoms with Gasteiger partial charge in [0, 0.05) is 5.69 Å². The number of hydrogen-bond acceptors (Lipinski definition) is 1. The van der Waals surface area contributed by atoms with Gasteiger partial charge < -0.3 is 11.1 Å². The number of carbonyl (C=O) groups is 1.